The van der Waals surface area contributed by atoms with Crippen LogP contribution in [0.25, 0.3) is 0 Å². The summed E-state index contributed by atoms with van der Waals surface area (Å²) in [5.74, 6) is 2.25. The maximum Gasteiger partial charge on any atom is 0.162 e. The van der Waals surface area contributed by atoms with Gasteiger partial charge < -0.3 is 19.3 Å². The zero-order chi connectivity index (χ0) is 13.8. The lowest BCUT2D eigenvalue weighted by Crippen LogP contribution is -2.02. The third-order valence-corrected chi connectivity index (χ3v) is 3.03. The summed E-state index contributed by atoms with van der Waals surface area (Å²) in [7, 11) is 3.24. The molecule has 2 rings (SSSR count). The van der Waals surface area contributed by atoms with E-state index in [9.17, 15) is 0 Å². The number of hydrogen-bond donors (Lipinski definition) is 1. The highest BCUT2D eigenvalue weighted by atomic mass is 16.5. The van der Waals surface area contributed by atoms with Crippen molar-refractivity contribution in [3.05, 3.63) is 35.2 Å². The van der Waals surface area contributed by atoms with E-state index in [4.69, 9.17) is 14.0 Å². The Morgan fingerprint density at radius 3 is 2.47 bits per heavy atom. The third kappa shape index (κ3) is 2.81. The van der Waals surface area contributed by atoms with E-state index in [1.54, 1.807) is 14.2 Å². The lowest BCUT2D eigenvalue weighted by Gasteiger charge is -2.11. The lowest BCUT2D eigenvalue weighted by molar-refractivity contribution is 0.355. The molecule has 19 heavy (non-hydrogen) atoms. The van der Waals surface area contributed by atoms with Crippen LogP contribution in [0.2, 0.25) is 0 Å². The SMILES string of the molecule is COc1ccc(NCc2c(C)noc2C)cc1OC. The van der Waals surface area contributed by atoms with Crippen molar-refractivity contribution in [3.63, 3.8) is 0 Å². The molecule has 5 heteroatoms. The Balaban J connectivity index is 2.12. The molecule has 1 heterocycles. The van der Waals surface area contributed by atoms with Gasteiger partial charge in [-0.15, -0.1) is 0 Å². The van der Waals surface area contributed by atoms with E-state index in [1.807, 2.05) is 32.0 Å². The average Bonchev–Trinajstić information content (AvgIpc) is 2.75. The summed E-state index contributed by atoms with van der Waals surface area (Å²) in [6.45, 7) is 4.50. The fourth-order valence-electron chi connectivity index (χ4n) is 1.89. The predicted molar refractivity (Wildman–Crippen MR) is 72.8 cm³/mol. The largest absolute Gasteiger partial charge is 0.493 e. The molecule has 5 nitrogen and oxygen atoms in total. The molecule has 0 saturated carbocycles. The number of benzene rings is 1. The minimum atomic E-state index is 0.663. The molecule has 0 aliphatic carbocycles. The van der Waals surface area contributed by atoms with Gasteiger partial charge >= 0.3 is 0 Å². The number of anilines is 1. The molecule has 0 unspecified atom stereocenters. The Bertz CT molecular complexity index is 544. The van der Waals surface area contributed by atoms with Gasteiger partial charge in [-0.25, -0.2) is 0 Å². The highest BCUT2D eigenvalue weighted by Gasteiger charge is 2.09. The molecule has 102 valence electrons. The number of methoxy groups -OCH3 is 2. The topological polar surface area (TPSA) is 56.5 Å². The Hall–Kier alpha value is -2.17. The molecule has 0 amide bonds. The van der Waals surface area contributed by atoms with Crippen LogP contribution in [0.15, 0.2) is 22.7 Å². The van der Waals surface area contributed by atoms with Crippen molar-refractivity contribution in [1.82, 2.24) is 5.16 Å². The summed E-state index contributed by atoms with van der Waals surface area (Å²) < 4.78 is 15.6. The molecular weight excluding hydrogens is 244 g/mol. The van der Waals surface area contributed by atoms with E-state index in [1.165, 1.54) is 0 Å². The van der Waals surface area contributed by atoms with Crippen molar-refractivity contribution >= 4 is 5.69 Å². The van der Waals surface area contributed by atoms with Gasteiger partial charge in [-0.1, -0.05) is 5.16 Å². The predicted octanol–water partition coefficient (Wildman–Crippen LogP) is 2.92. The number of aryl methyl sites for hydroxylation is 2. The Kier molecular flexibility index (Phi) is 3.94. The summed E-state index contributed by atoms with van der Waals surface area (Å²) in [5.41, 5.74) is 2.94. The van der Waals surface area contributed by atoms with E-state index in [-0.39, 0.29) is 0 Å². The second-order valence-corrected chi connectivity index (χ2v) is 4.23. The molecular formula is C14H18N2O3. The quantitative estimate of drug-likeness (QED) is 0.897. The molecule has 1 aromatic carbocycles. The number of hydrogen-bond acceptors (Lipinski definition) is 5. The van der Waals surface area contributed by atoms with Gasteiger partial charge in [0.1, 0.15) is 5.76 Å². The first kappa shape index (κ1) is 13.3. The van der Waals surface area contributed by atoms with Gasteiger partial charge in [0.25, 0.3) is 0 Å². The molecule has 0 bridgehead atoms. The smallest absolute Gasteiger partial charge is 0.162 e. The van der Waals surface area contributed by atoms with Crippen LogP contribution >= 0.6 is 0 Å². The molecule has 2 aromatic rings. The van der Waals surface area contributed by atoms with Crippen molar-refractivity contribution in [3.8, 4) is 11.5 Å². The molecule has 0 atom stereocenters. The Morgan fingerprint density at radius 2 is 1.89 bits per heavy atom. The third-order valence-electron chi connectivity index (χ3n) is 3.03. The van der Waals surface area contributed by atoms with Crippen molar-refractivity contribution in [2.75, 3.05) is 19.5 Å². The molecule has 0 fully saturated rings. The first-order chi connectivity index (χ1) is 9.15. The molecule has 0 aliphatic heterocycles. The second kappa shape index (κ2) is 5.65. The normalized spacial score (nSPS) is 10.3. The van der Waals surface area contributed by atoms with Crippen molar-refractivity contribution < 1.29 is 14.0 Å². The fraction of sp³-hybridized carbons (Fsp3) is 0.357. The number of nitrogens with one attached hydrogen (secondary N) is 1. The molecule has 0 aliphatic rings. The minimum Gasteiger partial charge on any atom is -0.493 e. The molecule has 0 spiro atoms. The minimum absolute atomic E-state index is 0.663. The van der Waals surface area contributed by atoms with Crippen LogP contribution in [-0.2, 0) is 6.54 Å². The summed E-state index contributed by atoms with van der Waals surface area (Å²) >= 11 is 0. The van der Waals surface area contributed by atoms with Crippen molar-refractivity contribution in [1.29, 1.82) is 0 Å². The Morgan fingerprint density at radius 1 is 1.16 bits per heavy atom. The highest BCUT2D eigenvalue weighted by molar-refractivity contribution is 5.55. The van der Waals surface area contributed by atoms with Crippen LogP contribution < -0.4 is 14.8 Å². The molecule has 0 radical (unpaired) electrons. The van der Waals surface area contributed by atoms with Gasteiger partial charge in [0, 0.05) is 23.9 Å². The van der Waals surface area contributed by atoms with E-state index in [0.29, 0.717) is 18.0 Å². The molecule has 1 aromatic heterocycles. The van der Waals surface area contributed by atoms with Crippen molar-refractivity contribution in [2.45, 2.75) is 20.4 Å². The summed E-state index contributed by atoms with van der Waals surface area (Å²) in [5, 5.41) is 7.25. The Labute approximate surface area is 112 Å². The highest BCUT2D eigenvalue weighted by Crippen LogP contribution is 2.30. The van der Waals surface area contributed by atoms with Crippen LogP contribution in [0.4, 0.5) is 5.69 Å². The van der Waals surface area contributed by atoms with Crippen LogP contribution in [0.3, 0.4) is 0 Å². The van der Waals surface area contributed by atoms with Gasteiger partial charge in [-0.2, -0.15) is 0 Å². The van der Waals surface area contributed by atoms with Gasteiger partial charge in [0.2, 0.25) is 0 Å². The van der Waals surface area contributed by atoms with Crippen LogP contribution in [0.5, 0.6) is 11.5 Å². The monoisotopic (exact) mass is 262 g/mol. The lowest BCUT2D eigenvalue weighted by atomic mass is 10.2. The number of rotatable bonds is 5. The van der Waals surface area contributed by atoms with Crippen LogP contribution in [-0.4, -0.2) is 19.4 Å². The van der Waals surface area contributed by atoms with E-state index < -0.39 is 0 Å². The van der Waals surface area contributed by atoms with E-state index in [2.05, 4.69) is 10.5 Å². The maximum absolute atomic E-state index is 5.27. The van der Waals surface area contributed by atoms with Crippen LogP contribution in [0, 0.1) is 13.8 Å². The summed E-state index contributed by atoms with van der Waals surface area (Å²) in [4.78, 5) is 0. The zero-order valence-electron chi connectivity index (χ0n) is 11.6. The first-order valence-corrected chi connectivity index (χ1v) is 6.03. The zero-order valence-corrected chi connectivity index (χ0v) is 11.6. The van der Waals surface area contributed by atoms with Gasteiger partial charge in [-0.05, 0) is 26.0 Å². The number of nitrogens with zero attached hydrogens (tertiary/aromatic N) is 1. The average molecular weight is 262 g/mol. The second-order valence-electron chi connectivity index (χ2n) is 4.23. The standard InChI is InChI=1S/C14H18N2O3/c1-9-12(10(2)19-16-9)8-15-11-5-6-13(17-3)14(7-11)18-4/h5-7,15H,8H2,1-4H3. The van der Waals surface area contributed by atoms with E-state index in [0.717, 1.165) is 22.7 Å². The summed E-state index contributed by atoms with van der Waals surface area (Å²) in [6.07, 6.45) is 0. The number of ether oxygens (including phenoxy) is 2. The van der Waals surface area contributed by atoms with Gasteiger partial charge in [0.15, 0.2) is 11.5 Å². The first-order valence-electron chi connectivity index (χ1n) is 6.03. The van der Waals surface area contributed by atoms with E-state index >= 15 is 0 Å². The van der Waals surface area contributed by atoms with Gasteiger partial charge in [0.05, 0.1) is 19.9 Å². The summed E-state index contributed by atoms with van der Waals surface area (Å²) in [6, 6.07) is 5.71. The van der Waals surface area contributed by atoms with Crippen molar-refractivity contribution in [2.24, 2.45) is 0 Å². The molecule has 0 saturated heterocycles. The maximum atomic E-state index is 5.27. The van der Waals surface area contributed by atoms with Crippen LogP contribution in [0.1, 0.15) is 17.0 Å². The molecule has 1 N–H and O–H groups in total. The number of aromatic nitrogens is 1. The van der Waals surface area contributed by atoms with Gasteiger partial charge in [-0.3, -0.25) is 0 Å². The fourth-order valence-corrected chi connectivity index (χ4v) is 1.89.